The molecule has 0 amide bonds. The molecule has 2 heterocycles. The average Bonchev–Trinajstić information content (AvgIpc) is 2.66. The Morgan fingerprint density at radius 1 is 1.28 bits per heavy atom. The van der Waals surface area contributed by atoms with Gasteiger partial charge in [0.25, 0.3) is 0 Å². The summed E-state index contributed by atoms with van der Waals surface area (Å²) in [5.74, 6) is -1.95. The van der Waals surface area contributed by atoms with Crippen LogP contribution in [0.15, 0.2) is 35.2 Å². The molecule has 0 spiro atoms. The Balaban J connectivity index is 1.85. The summed E-state index contributed by atoms with van der Waals surface area (Å²) in [6, 6.07) is 5.79. The number of aryl methyl sites for hydroxylation is 1. The minimum Gasteiger partial charge on any atom is -0.425 e. The van der Waals surface area contributed by atoms with Crippen LogP contribution in [0.3, 0.4) is 0 Å². The van der Waals surface area contributed by atoms with Gasteiger partial charge in [0.05, 0.1) is 12.8 Å². The van der Waals surface area contributed by atoms with Crippen LogP contribution in [0.2, 0.25) is 5.02 Å². The van der Waals surface area contributed by atoms with Crippen LogP contribution in [-0.4, -0.2) is 38.5 Å². The van der Waals surface area contributed by atoms with Gasteiger partial charge in [-0.2, -0.15) is 4.31 Å². The molecule has 0 unspecified atom stereocenters. The lowest BCUT2D eigenvalue weighted by Crippen LogP contribution is -2.57. The Morgan fingerprint density at radius 2 is 2.00 bits per heavy atom. The molecule has 2 aliphatic heterocycles. The van der Waals surface area contributed by atoms with Gasteiger partial charge in [0.15, 0.2) is 0 Å². The zero-order valence-electron chi connectivity index (χ0n) is 15.8. The van der Waals surface area contributed by atoms with Crippen molar-refractivity contribution in [1.82, 2.24) is 4.31 Å². The second-order valence-corrected chi connectivity index (χ2v) is 9.26. The number of fused-ring (bicyclic) bond motifs is 2. The fourth-order valence-electron chi connectivity index (χ4n) is 3.84. The van der Waals surface area contributed by atoms with Gasteiger partial charge < -0.3 is 4.74 Å². The predicted octanol–water partition coefficient (Wildman–Crippen LogP) is 3.21. The summed E-state index contributed by atoms with van der Waals surface area (Å²) in [7, 11) is -2.73. The van der Waals surface area contributed by atoms with E-state index < -0.39 is 33.8 Å². The highest BCUT2D eigenvalue weighted by atomic mass is 35.5. The first-order valence-electron chi connectivity index (χ1n) is 8.80. The Hall–Kier alpha value is -2.20. The fourth-order valence-corrected chi connectivity index (χ4v) is 5.74. The topological polar surface area (TPSA) is 76.2 Å². The number of hydrogen-bond acceptors (Lipinski definition) is 6. The molecule has 0 bridgehead atoms. The number of hydroxylamine groups is 1. The van der Waals surface area contributed by atoms with E-state index in [1.807, 2.05) is 0 Å². The van der Waals surface area contributed by atoms with E-state index in [0.717, 1.165) is 4.31 Å². The van der Waals surface area contributed by atoms with E-state index in [-0.39, 0.29) is 28.6 Å². The van der Waals surface area contributed by atoms with E-state index >= 15 is 0 Å². The molecule has 2 aromatic carbocycles. The zero-order valence-corrected chi connectivity index (χ0v) is 17.4. The third-order valence-electron chi connectivity index (χ3n) is 5.29. The van der Waals surface area contributed by atoms with Crippen molar-refractivity contribution in [2.24, 2.45) is 0 Å². The van der Waals surface area contributed by atoms with Gasteiger partial charge in [0.1, 0.15) is 29.2 Å². The lowest BCUT2D eigenvalue weighted by Gasteiger charge is -2.42. The maximum absolute atomic E-state index is 14.6. The summed E-state index contributed by atoms with van der Waals surface area (Å²) < 4.78 is 47.6. The van der Waals surface area contributed by atoms with Gasteiger partial charge in [0, 0.05) is 16.5 Å². The highest BCUT2D eigenvalue weighted by molar-refractivity contribution is 7.89. The Morgan fingerprint density at radius 3 is 2.69 bits per heavy atom. The first kappa shape index (κ1) is 20.1. The molecule has 0 aliphatic carbocycles. The van der Waals surface area contributed by atoms with Crippen molar-refractivity contribution in [1.29, 1.82) is 0 Å². The van der Waals surface area contributed by atoms with Crippen molar-refractivity contribution in [2.75, 3.05) is 18.8 Å². The van der Waals surface area contributed by atoms with Crippen LogP contribution in [-0.2, 0) is 19.7 Å². The van der Waals surface area contributed by atoms with Crippen LogP contribution < -0.4 is 9.80 Å². The van der Waals surface area contributed by atoms with Crippen molar-refractivity contribution < 1.29 is 27.2 Å². The molecule has 154 valence electrons. The number of ether oxygens (including phenoxy) is 1. The summed E-state index contributed by atoms with van der Waals surface area (Å²) in [5.41, 5.74) is 1.03. The Bertz CT molecular complexity index is 1120. The Kier molecular flexibility index (Phi) is 4.81. The first-order valence-corrected chi connectivity index (χ1v) is 10.6. The maximum atomic E-state index is 14.6. The van der Waals surface area contributed by atoms with Crippen molar-refractivity contribution in [2.45, 2.75) is 30.7 Å². The van der Waals surface area contributed by atoms with Gasteiger partial charge in [-0.1, -0.05) is 24.6 Å². The summed E-state index contributed by atoms with van der Waals surface area (Å²) in [5, 5.41) is 1.65. The molecule has 0 radical (unpaired) electrons. The van der Waals surface area contributed by atoms with Crippen LogP contribution >= 0.6 is 11.6 Å². The predicted molar refractivity (Wildman–Crippen MR) is 104 cm³/mol. The number of carbonyl (C=O) groups excluding carboxylic acids is 1. The molecule has 29 heavy (non-hydrogen) atoms. The number of halogens is 2. The molecule has 0 saturated carbocycles. The highest BCUT2D eigenvalue weighted by Crippen LogP contribution is 2.44. The molecule has 2 atom stereocenters. The van der Waals surface area contributed by atoms with Crippen molar-refractivity contribution in [3.8, 4) is 5.75 Å². The molecule has 0 N–H and O–H groups in total. The van der Waals surface area contributed by atoms with E-state index in [0.29, 0.717) is 10.6 Å². The van der Waals surface area contributed by atoms with E-state index in [4.69, 9.17) is 21.2 Å². The molecule has 4 rings (SSSR count). The minimum absolute atomic E-state index is 0.0643. The third kappa shape index (κ3) is 3.00. The second-order valence-electron chi connectivity index (χ2n) is 6.97. The molecule has 0 aromatic heterocycles. The van der Waals surface area contributed by atoms with Gasteiger partial charge in [0.2, 0.25) is 10.0 Å². The standard InChI is InChI=1S/C19H18ClFN2O5S/c1-10-4-6-13(21)16-11(2)17(19(24)28-18(10)16)23-9-22(27-3)14-8-12(20)5-7-15(14)29(23,25)26/h4-8,11,17H,9H2,1-3H3/t11-,17+/m1/s1. The van der Waals surface area contributed by atoms with Gasteiger partial charge in [-0.3, -0.25) is 4.84 Å². The zero-order chi connectivity index (χ0) is 21.1. The summed E-state index contributed by atoms with van der Waals surface area (Å²) in [6.07, 6.45) is 0. The number of nitrogens with zero attached hydrogens (tertiary/aromatic N) is 2. The maximum Gasteiger partial charge on any atom is 0.330 e. The van der Waals surface area contributed by atoms with E-state index in [1.165, 1.54) is 42.5 Å². The number of rotatable bonds is 2. The van der Waals surface area contributed by atoms with Crippen molar-refractivity contribution in [3.63, 3.8) is 0 Å². The highest BCUT2D eigenvalue weighted by Gasteiger charge is 2.49. The molecule has 7 nitrogen and oxygen atoms in total. The average molecular weight is 441 g/mol. The van der Waals surface area contributed by atoms with Crippen LogP contribution in [0.1, 0.15) is 24.0 Å². The second kappa shape index (κ2) is 6.94. The minimum atomic E-state index is -4.10. The van der Waals surface area contributed by atoms with Gasteiger partial charge in [-0.15, -0.1) is 0 Å². The van der Waals surface area contributed by atoms with Gasteiger partial charge in [-0.25, -0.2) is 22.7 Å². The Labute approximate surface area is 172 Å². The van der Waals surface area contributed by atoms with E-state index in [9.17, 15) is 17.6 Å². The van der Waals surface area contributed by atoms with Crippen LogP contribution in [0, 0.1) is 12.7 Å². The number of sulfonamides is 1. The molecule has 2 aliphatic rings. The number of carbonyl (C=O) groups is 1. The quantitative estimate of drug-likeness (QED) is 0.527. The monoisotopic (exact) mass is 440 g/mol. The van der Waals surface area contributed by atoms with Gasteiger partial charge >= 0.3 is 5.97 Å². The van der Waals surface area contributed by atoms with Gasteiger partial charge in [-0.05, 0) is 36.8 Å². The molecule has 10 heteroatoms. The molecule has 2 aromatic rings. The lowest BCUT2D eigenvalue weighted by atomic mass is 9.88. The third-order valence-corrected chi connectivity index (χ3v) is 7.38. The summed E-state index contributed by atoms with van der Waals surface area (Å²) in [4.78, 5) is 18.1. The van der Waals surface area contributed by atoms with E-state index in [1.54, 1.807) is 13.8 Å². The fraction of sp³-hybridized carbons (Fsp3) is 0.316. The smallest absolute Gasteiger partial charge is 0.330 e. The SMILES string of the molecule is CON1CN([C@@H]2C(=O)Oc3c(C)ccc(F)c3[C@H]2C)S(=O)(=O)c2ccc(Cl)cc21. The number of benzene rings is 2. The van der Waals surface area contributed by atoms with Crippen molar-refractivity contribution in [3.05, 3.63) is 52.3 Å². The van der Waals surface area contributed by atoms with E-state index in [2.05, 4.69) is 0 Å². The van der Waals surface area contributed by atoms with Crippen LogP contribution in [0.25, 0.3) is 0 Å². The normalized spacial score (nSPS) is 23.3. The van der Waals surface area contributed by atoms with Crippen LogP contribution in [0.4, 0.5) is 10.1 Å². The number of esters is 1. The molecule has 0 fully saturated rings. The van der Waals surface area contributed by atoms with Crippen LogP contribution in [0.5, 0.6) is 5.75 Å². The lowest BCUT2D eigenvalue weighted by molar-refractivity contribution is -0.141. The van der Waals surface area contributed by atoms with Crippen molar-refractivity contribution >= 4 is 33.3 Å². The summed E-state index contributed by atoms with van der Waals surface area (Å²) >= 11 is 6.01. The largest absolute Gasteiger partial charge is 0.425 e. The number of hydrogen-bond donors (Lipinski definition) is 0. The molecular formula is C19H18ClFN2O5S. The molecular weight excluding hydrogens is 423 g/mol. The number of anilines is 1. The first-order chi connectivity index (χ1) is 13.7. The summed E-state index contributed by atoms with van der Waals surface area (Å²) in [6.45, 7) is 3.03. The molecule has 0 saturated heterocycles.